The zero-order valence-electron chi connectivity index (χ0n) is 15.0. The minimum Gasteiger partial charge on any atom is -0.355 e. The Morgan fingerprint density at radius 3 is 2.89 bits per heavy atom. The maximum absolute atomic E-state index is 13.1. The predicted octanol–water partition coefficient (Wildman–Crippen LogP) is 2.99. The Hall–Kier alpha value is -3.00. The average Bonchev–Trinajstić information content (AvgIpc) is 3.43. The summed E-state index contributed by atoms with van der Waals surface area (Å²) in [7, 11) is 0. The molecule has 0 aliphatic carbocycles. The standard InChI is InChI=1S/C20H19FN4O2S/c21-14-3-5-15(6-4-14)25-12-13(10-19(25)26)20(27)22-8-7-18-23-11-16(24-18)17-2-1-9-28-17/h1-6,9,11,13H,7-8,10,12H2,(H,22,27)(H,23,24)/t13-/m1/s1. The first-order valence-corrected chi connectivity index (χ1v) is 9.89. The fourth-order valence-electron chi connectivity index (χ4n) is 3.25. The molecule has 1 aliphatic heterocycles. The molecule has 144 valence electrons. The van der Waals surface area contributed by atoms with Gasteiger partial charge in [0, 0.05) is 31.6 Å². The van der Waals surface area contributed by atoms with Crippen LogP contribution in [0.2, 0.25) is 0 Å². The number of carbonyl (C=O) groups excluding carboxylic acids is 2. The van der Waals surface area contributed by atoms with Crippen LogP contribution < -0.4 is 10.2 Å². The number of hydrogen-bond donors (Lipinski definition) is 2. The van der Waals surface area contributed by atoms with Crippen LogP contribution in [0.3, 0.4) is 0 Å². The summed E-state index contributed by atoms with van der Waals surface area (Å²) in [5.41, 5.74) is 1.58. The molecule has 2 aromatic heterocycles. The number of nitrogens with zero attached hydrogens (tertiary/aromatic N) is 2. The number of carbonyl (C=O) groups is 2. The number of H-pyrrole nitrogens is 1. The van der Waals surface area contributed by atoms with E-state index in [0.717, 1.165) is 16.4 Å². The normalized spacial score (nSPS) is 16.5. The van der Waals surface area contributed by atoms with Gasteiger partial charge in [0.05, 0.1) is 22.7 Å². The summed E-state index contributed by atoms with van der Waals surface area (Å²) in [5.74, 6) is -0.235. The van der Waals surface area contributed by atoms with Crippen LogP contribution in [0.4, 0.5) is 10.1 Å². The van der Waals surface area contributed by atoms with Crippen LogP contribution in [-0.2, 0) is 16.0 Å². The SMILES string of the molecule is O=C(NCCc1ncc(-c2cccs2)[nH]1)[C@@H]1CC(=O)N(c2ccc(F)cc2)C1. The molecule has 4 rings (SSSR count). The summed E-state index contributed by atoms with van der Waals surface area (Å²) in [6, 6.07) is 9.73. The maximum atomic E-state index is 13.1. The number of amides is 2. The summed E-state index contributed by atoms with van der Waals surface area (Å²) in [6.45, 7) is 0.747. The van der Waals surface area contributed by atoms with Crippen molar-refractivity contribution >= 4 is 28.8 Å². The number of anilines is 1. The monoisotopic (exact) mass is 398 g/mol. The van der Waals surface area contributed by atoms with Crippen molar-refractivity contribution in [2.24, 2.45) is 5.92 Å². The van der Waals surface area contributed by atoms with Gasteiger partial charge in [-0.1, -0.05) is 6.07 Å². The Labute approximate surface area is 165 Å². The first-order chi connectivity index (χ1) is 13.6. The van der Waals surface area contributed by atoms with E-state index in [0.29, 0.717) is 25.2 Å². The number of rotatable bonds is 6. The lowest BCUT2D eigenvalue weighted by molar-refractivity contribution is -0.126. The number of nitrogens with one attached hydrogen (secondary N) is 2. The van der Waals surface area contributed by atoms with Gasteiger partial charge in [0.1, 0.15) is 11.6 Å². The van der Waals surface area contributed by atoms with Gasteiger partial charge in [0.2, 0.25) is 11.8 Å². The van der Waals surface area contributed by atoms with Crippen molar-refractivity contribution in [1.82, 2.24) is 15.3 Å². The van der Waals surface area contributed by atoms with Crippen molar-refractivity contribution in [3.63, 3.8) is 0 Å². The fraction of sp³-hybridized carbons (Fsp3) is 0.250. The van der Waals surface area contributed by atoms with Crippen LogP contribution in [0.15, 0.2) is 48.0 Å². The molecule has 0 unspecified atom stereocenters. The lowest BCUT2D eigenvalue weighted by atomic mass is 10.1. The zero-order chi connectivity index (χ0) is 19.5. The quantitative estimate of drug-likeness (QED) is 0.670. The predicted molar refractivity (Wildman–Crippen MR) is 105 cm³/mol. The van der Waals surface area contributed by atoms with Crippen molar-refractivity contribution < 1.29 is 14.0 Å². The number of halogens is 1. The van der Waals surface area contributed by atoms with Crippen LogP contribution in [0.1, 0.15) is 12.2 Å². The molecule has 1 fully saturated rings. The number of thiophene rings is 1. The van der Waals surface area contributed by atoms with Gasteiger partial charge < -0.3 is 15.2 Å². The van der Waals surface area contributed by atoms with Crippen molar-refractivity contribution in [3.05, 3.63) is 59.6 Å². The van der Waals surface area contributed by atoms with E-state index in [2.05, 4.69) is 15.3 Å². The van der Waals surface area contributed by atoms with E-state index in [1.807, 2.05) is 17.5 Å². The first-order valence-electron chi connectivity index (χ1n) is 9.01. The van der Waals surface area contributed by atoms with E-state index in [9.17, 15) is 14.0 Å². The lowest BCUT2D eigenvalue weighted by Crippen LogP contribution is -2.34. The van der Waals surface area contributed by atoms with E-state index >= 15 is 0 Å². The molecular weight excluding hydrogens is 379 g/mol. The zero-order valence-corrected chi connectivity index (χ0v) is 15.8. The summed E-state index contributed by atoms with van der Waals surface area (Å²) in [6.07, 6.45) is 2.53. The molecule has 0 spiro atoms. The Morgan fingerprint density at radius 1 is 1.32 bits per heavy atom. The third-order valence-electron chi connectivity index (χ3n) is 4.71. The van der Waals surface area contributed by atoms with Crippen LogP contribution >= 0.6 is 11.3 Å². The summed E-state index contributed by atoms with van der Waals surface area (Å²) < 4.78 is 13.1. The highest BCUT2D eigenvalue weighted by Gasteiger charge is 2.34. The Morgan fingerprint density at radius 2 is 2.14 bits per heavy atom. The highest BCUT2D eigenvalue weighted by molar-refractivity contribution is 7.13. The molecular formula is C20H19FN4O2S. The molecule has 1 aromatic carbocycles. The molecule has 0 saturated carbocycles. The first kappa shape index (κ1) is 18.4. The Bertz CT molecular complexity index is 969. The van der Waals surface area contributed by atoms with Gasteiger partial charge in [0.15, 0.2) is 0 Å². The summed E-state index contributed by atoms with van der Waals surface area (Å²) in [5, 5.41) is 4.89. The highest BCUT2D eigenvalue weighted by atomic mass is 32.1. The third-order valence-corrected chi connectivity index (χ3v) is 5.61. The van der Waals surface area contributed by atoms with Crippen molar-refractivity contribution in [2.45, 2.75) is 12.8 Å². The largest absolute Gasteiger partial charge is 0.355 e. The number of hydrogen-bond acceptors (Lipinski definition) is 4. The number of aromatic amines is 1. The molecule has 1 saturated heterocycles. The molecule has 3 heterocycles. The van der Waals surface area contributed by atoms with Crippen LogP contribution in [0.5, 0.6) is 0 Å². The van der Waals surface area contributed by atoms with E-state index < -0.39 is 5.92 Å². The number of aromatic nitrogens is 2. The van der Waals surface area contributed by atoms with Crippen molar-refractivity contribution in [1.29, 1.82) is 0 Å². The van der Waals surface area contributed by atoms with Gasteiger partial charge in [-0.25, -0.2) is 9.37 Å². The van der Waals surface area contributed by atoms with Crippen molar-refractivity contribution in [3.8, 4) is 10.6 Å². The minimum atomic E-state index is -0.407. The molecule has 8 heteroatoms. The average molecular weight is 398 g/mol. The second kappa shape index (κ2) is 7.93. The number of imidazole rings is 1. The Balaban J connectivity index is 1.28. The van der Waals surface area contributed by atoms with Crippen molar-refractivity contribution in [2.75, 3.05) is 18.0 Å². The lowest BCUT2D eigenvalue weighted by Gasteiger charge is -2.16. The molecule has 6 nitrogen and oxygen atoms in total. The molecule has 1 atom stereocenters. The Kier molecular flexibility index (Phi) is 5.21. The van der Waals surface area contributed by atoms with Gasteiger partial charge in [-0.2, -0.15) is 0 Å². The third kappa shape index (κ3) is 3.96. The second-order valence-electron chi connectivity index (χ2n) is 6.64. The van der Waals surface area contributed by atoms with Gasteiger partial charge in [-0.15, -0.1) is 11.3 Å². The highest BCUT2D eigenvalue weighted by Crippen LogP contribution is 2.25. The summed E-state index contributed by atoms with van der Waals surface area (Å²) >= 11 is 1.64. The van der Waals surface area contributed by atoms with E-state index in [1.165, 1.54) is 17.0 Å². The second-order valence-corrected chi connectivity index (χ2v) is 7.59. The smallest absolute Gasteiger partial charge is 0.227 e. The van der Waals surface area contributed by atoms with Crippen LogP contribution in [-0.4, -0.2) is 34.9 Å². The maximum Gasteiger partial charge on any atom is 0.227 e. The van der Waals surface area contributed by atoms with E-state index in [1.54, 1.807) is 29.7 Å². The van der Waals surface area contributed by atoms with Crippen LogP contribution in [0, 0.1) is 11.7 Å². The fourth-order valence-corrected chi connectivity index (χ4v) is 3.94. The molecule has 0 bridgehead atoms. The van der Waals surface area contributed by atoms with Gasteiger partial charge in [0.25, 0.3) is 0 Å². The molecule has 2 amide bonds. The van der Waals surface area contributed by atoms with Gasteiger partial charge in [-0.05, 0) is 35.7 Å². The van der Waals surface area contributed by atoms with E-state index in [4.69, 9.17) is 0 Å². The van der Waals surface area contributed by atoms with Gasteiger partial charge >= 0.3 is 0 Å². The minimum absolute atomic E-state index is 0.126. The molecule has 3 aromatic rings. The van der Waals surface area contributed by atoms with Crippen LogP contribution in [0.25, 0.3) is 10.6 Å². The molecule has 2 N–H and O–H groups in total. The molecule has 28 heavy (non-hydrogen) atoms. The van der Waals surface area contributed by atoms with E-state index in [-0.39, 0.29) is 24.1 Å². The summed E-state index contributed by atoms with van der Waals surface area (Å²) in [4.78, 5) is 34.9. The topological polar surface area (TPSA) is 78.1 Å². The molecule has 1 aliphatic rings. The van der Waals surface area contributed by atoms with Gasteiger partial charge in [-0.3, -0.25) is 9.59 Å². The molecule has 0 radical (unpaired) electrons. The number of benzene rings is 1.